The zero-order valence-electron chi connectivity index (χ0n) is 19.1. The lowest BCUT2D eigenvalue weighted by Crippen LogP contribution is -2.13. The second-order valence-electron chi connectivity index (χ2n) is 8.04. The Morgan fingerprint density at radius 3 is 2.48 bits per heavy atom. The number of rotatable bonds is 8. The van der Waals surface area contributed by atoms with Gasteiger partial charge in [0.2, 0.25) is 5.91 Å². The molecule has 2 amide bonds. The summed E-state index contributed by atoms with van der Waals surface area (Å²) in [7, 11) is 2.00. The molecule has 8 heteroatoms. The maximum atomic E-state index is 12.7. The molecular weight excluding hydrogens is 416 g/mol. The number of hydrogen-bond donors (Lipinski definition) is 2. The van der Waals surface area contributed by atoms with Gasteiger partial charge in [0.1, 0.15) is 11.6 Å². The van der Waals surface area contributed by atoms with E-state index in [2.05, 4.69) is 24.8 Å². The van der Waals surface area contributed by atoms with Crippen LogP contribution in [0, 0.1) is 6.92 Å². The molecule has 0 bridgehead atoms. The van der Waals surface area contributed by atoms with Gasteiger partial charge in [0.15, 0.2) is 0 Å². The molecule has 2 N–H and O–H groups in total. The molecule has 170 valence electrons. The molecule has 0 unspecified atom stereocenters. The van der Waals surface area contributed by atoms with Gasteiger partial charge >= 0.3 is 0 Å². The first-order valence-electron chi connectivity index (χ1n) is 11.1. The summed E-state index contributed by atoms with van der Waals surface area (Å²) in [5, 5.41) is 5.76. The summed E-state index contributed by atoms with van der Waals surface area (Å²) in [6, 6.07) is 12.6. The van der Waals surface area contributed by atoms with E-state index in [1.165, 1.54) is 0 Å². The number of hydrogen-bond acceptors (Lipinski definition) is 4. The van der Waals surface area contributed by atoms with E-state index in [1.807, 2.05) is 45.3 Å². The fourth-order valence-corrected chi connectivity index (χ4v) is 3.77. The van der Waals surface area contributed by atoms with Gasteiger partial charge < -0.3 is 19.8 Å². The van der Waals surface area contributed by atoms with Crippen LogP contribution in [0.3, 0.4) is 0 Å². The fourth-order valence-electron chi connectivity index (χ4n) is 3.77. The number of fused-ring (bicyclic) bond motifs is 1. The minimum atomic E-state index is -0.215. The Bertz CT molecular complexity index is 1290. The van der Waals surface area contributed by atoms with E-state index < -0.39 is 0 Å². The zero-order chi connectivity index (χ0) is 23.4. The quantitative estimate of drug-likeness (QED) is 0.423. The van der Waals surface area contributed by atoms with Crippen molar-refractivity contribution in [2.24, 2.45) is 7.05 Å². The number of benzene rings is 2. The minimum Gasteiger partial charge on any atom is -0.335 e. The number of carbonyl (C=O) groups is 2. The number of nitrogens with zero attached hydrogens (tertiary/aromatic N) is 4. The molecule has 33 heavy (non-hydrogen) atoms. The lowest BCUT2D eigenvalue weighted by atomic mass is 10.1. The molecule has 0 atom stereocenters. The second-order valence-corrected chi connectivity index (χ2v) is 8.04. The van der Waals surface area contributed by atoms with Crippen LogP contribution >= 0.6 is 0 Å². The number of nitrogens with one attached hydrogen (secondary N) is 2. The predicted molar refractivity (Wildman–Crippen MR) is 129 cm³/mol. The molecule has 4 aromatic rings. The normalized spacial score (nSPS) is 11.0. The van der Waals surface area contributed by atoms with Crippen molar-refractivity contribution in [2.45, 2.75) is 39.7 Å². The summed E-state index contributed by atoms with van der Waals surface area (Å²) >= 11 is 0. The average Bonchev–Trinajstić information content (AvgIpc) is 3.35. The number of amides is 2. The van der Waals surface area contributed by atoms with Crippen LogP contribution in [0.5, 0.6) is 0 Å². The van der Waals surface area contributed by atoms with Crippen LogP contribution in [0.1, 0.15) is 41.8 Å². The highest BCUT2D eigenvalue weighted by Gasteiger charge is 2.12. The lowest BCUT2D eigenvalue weighted by Gasteiger charge is -2.08. The Morgan fingerprint density at radius 1 is 1.03 bits per heavy atom. The fraction of sp³-hybridized carbons (Fsp3) is 0.280. The first-order valence-corrected chi connectivity index (χ1v) is 11.1. The van der Waals surface area contributed by atoms with Crippen LogP contribution in [0.2, 0.25) is 0 Å². The molecule has 8 nitrogen and oxygen atoms in total. The van der Waals surface area contributed by atoms with Crippen molar-refractivity contribution >= 4 is 34.2 Å². The molecule has 2 aromatic heterocycles. The molecule has 0 aliphatic carbocycles. The Balaban J connectivity index is 1.43. The van der Waals surface area contributed by atoms with Crippen molar-refractivity contribution < 1.29 is 9.59 Å². The minimum absolute atomic E-state index is 0.0297. The van der Waals surface area contributed by atoms with Crippen LogP contribution in [-0.2, 0) is 24.8 Å². The maximum absolute atomic E-state index is 12.7. The van der Waals surface area contributed by atoms with Crippen LogP contribution < -0.4 is 10.6 Å². The molecule has 0 fully saturated rings. The van der Waals surface area contributed by atoms with Crippen molar-refractivity contribution in [3.63, 3.8) is 0 Å². The van der Waals surface area contributed by atoms with Crippen LogP contribution in [-0.4, -0.2) is 30.9 Å². The van der Waals surface area contributed by atoms with E-state index in [0.717, 1.165) is 42.1 Å². The molecule has 0 aliphatic rings. The third-order valence-electron chi connectivity index (χ3n) is 5.64. The summed E-state index contributed by atoms with van der Waals surface area (Å²) in [5.74, 6) is 1.71. The predicted octanol–water partition coefficient (Wildman–Crippen LogP) is 4.31. The van der Waals surface area contributed by atoms with Gasteiger partial charge in [-0.15, -0.1) is 0 Å². The highest BCUT2D eigenvalue weighted by Crippen LogP contribution is 2.21. The van der Waals surface area contributed by atoms with E-state index in [9.17, 15) is 9.59 Å². The third kappa shape index (κ3) is 5.11. The summed E-state index contributed by atoms with van der Waals surface area (Å²) < 4.78 is 4.18. The average molecular weight is 445 g/mol. The first-order chi connectivity index (χ1) is 15.9. The van der Waals surface area contributed by atoms with Crippen molar-refractivity contribution in [1.29, 1.82) is 0 Å². The van der Waals surface area contributed by atoms with E-state index in [-0.39, 0.29) is 11.8 Å². The first kappa shape index (κ1) is 22.3. The molecule has 0 spiro atoms. The monoisotopic (exact) mass is 444 g/mol. The number of aromatic nitrogens is 4. The van der Waals surface area contributed by atoms with Gasteiger partial charge in [-0.05, 0) is 55.8 Å². The van der Waals surface area contributed by atoms with Gasteiger partial charge in [0.05, 0.1) is 11.0 Å². The van der Waals surface area contributed by atoms with Gasteiger partial charge in [0.25, 0.3) is 5.91 Å². The van der Waals surface area contributed by atoms with Gasteiger partial charge in [-0.25, -0.2) is 9.97 Å². The summed E-state index contributed by atoms with van der Waals surface area (Å²) in [6.07, 6.45) is 5.82. The van der Waals surface area contributed by atoms with Gasteiger partial charge in [-0.2, -0.15) is 0 Å². The van der Waals surface area contributed by atoms with E-state index in [4.69, 9.17) is 4.98 Å². The van der Waals surface area contributed by atoms with Gasteiger partial charge in [-0.3, -0.25) is 9.59 Å². The van der Waals surface area contributed by atoms with Crippen molar-refractivity contribution in [3.8, 4) is 0 Å². The van der Waals surface area contributed by atoms with E-state index >= 15 is 0 Å². The zero-order valence-corrected chi connectivity index (χ0v) is 19.1. The van der Waals surface area contributed by atoms with Crippen LogP contribution in [0.4, 0.5) is 11.4 Å². The van der Waals surface area contributed by atoms with Crippen LogP contribution in [0.15, 0.2) is 54.9 Å². The number of carbonyl (C=O) groups excluding carboxylic acids is 2. The number of aryl methyl sites for hydroxylation is 4. The Labute approximate surface area is 192 Å². The van der Waals surface area contributed by atoms with Gasteiger partial charge in [0, 0.05) is 55.8 Å². The maximum Gasteiger partial charge on any atom is 0.255 e. The largest absolute Gasteiger partial charge is 0.335 e. The van der Waals surface area contributed by atoms with E-state index in [0.29, 0.717) is 23.4 Å². The van der Waals surface area contributed by atoms with Gasteiger partial charge in [-0.1, -0.05) is 6.92 Å². The van der Waals surface area contributed by atoms with E-state index in [1.54, 1.807) is 30.5 Å². The molecule has 4 rings (SSSR count). The molecular formula is C25H28N6O2. The summed E-state index contributed by atoms with van der Waals surface area (Å²) in [4.78, 5) is 33.4. The van der Waals surface area contributed by atoms with Crippen molar-refractivity contribution in [3.05, 3.63) is 72.1 Å². The molecule has 0 saturated heterocycles. The number of imidazole rings is 2. The second kappa shape index (κ2) is 9.68. The molecule has 0 saturated carbocycles. The highest BCUT2D eigenvalue weighted by molar-refractivity contribution is 6.05. The summed E-state index contributed by atoms with van der Waals surface area (Å²) in [6.45, 7) is 4.75. The molecule has 0 aliphatic heterocycles. The Morgan fingerprint density at radius 2 is 1.79 bits per heavy atom. The van der Waals surface area contributed by atoms with Crippen LogP contribution in [0.25, 0.3) is 11.0 Å². The smallest absolute Gasteiger partial charge is 0.255 e. The van der Waals surface area contributed by atoms with Crippen molar-refractivity contribution in [2.75, 3.05) is 10.6 Å². The standard InChI is InChI=1S/C25H28N6O2/c1-4-5-24(32)27-19-8-6-18(7-9-19)25(33)28-20-10-11-22-21(16-20)29-23(30(22)3)12-14-31-15-13-26-17(31)2/h6-11,13,15-16H,4-5,12,14H2,1-3H3,(H,27,32)(H,28,33). The third-order valence-corrected chi connectivity index (χ3v) is 5.64. The molecule has 2 aromatic carbocycles. The Hall–Kier alpha value is -3.94. The molecule has 2 heterocycles. The highest BCUT2D eigenvalue weighted by atomic mass is 16.2. The Kier molecular flexibility index (Phi) is 6.53. The SMILES string of the molecule is CCCC(=O)Nc1ccc(C(=O)Nc2ccc3c(c2)nc(CCn2ccnc2C)n3C)cc1. The lowest BCUT2D eigenvalue weighted by molar-refractivity contribution is -0.116. The van der Waals surface area contributed by atoms with Crippen molar-refractivity contribution in [1.82, 2.24) is 19.1 Å². The summed E-state index contributed by atoms with van der Waals surface area (Å²) in [5.41, 5.74) is 3.72. The molecule has 0 radical (unpaired) electrons. The number of anilines is 2. The topological polar surface area (TPSA) is 93.8 Å².